The molecule has 0 atom stereocenters. The highest BCUT2D eigenvalue weighted by atomic mass is 15.2. The molecule has 0 aromatic carbocycles. The normalized spacial score (nSPS) is 13.5. The van der Waals surface area contributed by atoms with Gasteiger partial charge in [0.25, 0.3) is 0 Å². The number of hydrogen-bond acceptors (Lipinski definition) is 4. The molecule has 0 saturated carbocycles. The van der Waals surface area contributed by atoms with Gasteiger partial charge in [0.15, 0.2) is 0 Å². The summed E-state index contributed by atoms with van der Waals surface area (Å²) in [5.74, 6) is 0.833. The van der Waals surface area contributed by atoms with Gasteiger partial charge in [-0.2, -0.15) is 5.26 Å². The molecule has 4 heteroatoms. The minimum absolute atomic E-state index is 0.705. The molecule has 1 aromatic heterocycles. The van der Waals surface area contributed by atoms with Gasteiger partial charge < -0.3 is 9.80 Å². The summed E-state index contributed by atoms with van der Waals surface area (Å²) in [7, 11) is 6.11. The van der Waals surface area contributed by atoms with E-state index in [1.807, 2.05) is 13.1 Å². The second-order valence-corrected chi connectivity index (χ2v) is 5.16. The lowest BCUT2D eigenvalue weighted by atomic mass is 10.1. The van der Waals surface area contributed by atoms with E-state index in [2.05, 4.69) is 34.9 Å². The molecule has 0 bridgehead atoms. The summed E-state index contributed by atoms with van der Waals surface area (Å²) in [5.41, 5.74) is 3.15. The predicted octanol–water partition coefficient (Wildman–Crippen LogP) is 1.44. The maximum atomic E-state index is 9.25. The number of aryl methyl sites for hydroxylation is 2. The smallest absolute Gasteiger partial charge is 0.146 e. The van der Waals surface area contributed by atoms with Gasteiger partial charge in [-0.15, -0.1) is 0 Å². The van der Waals surface area contributed by atoms with E-state index in [4.69, 9.17) is 0 Å². The van der Waals surface area contributed by atoms with E-state index in [1.54, 1.807) is 0 Å². The summed E-state index contributed by atoms with van der Waals surface area (Å²) < 4.78 is 0. The number of anilines is 1. The van der Waals surface area contributed by atoms with E-state index in [1.165, 1.54) is 11.3 Å². The first kappa shape index (κ1) is 12.8. The van der Waals surface area contributed by atoms with Gasteiger partial charge in [0.05, 0.1) is 5.56 Å². The van der Waals surface area contributed by atoms with Crippen LogP contribution >= 0.6 is 0 Å². The highest BCUT2D eigenvalue weighted by Gasteiger charge is 2.18. The van der Waals surface area contributed by atoms with Gasteiger partial charge in [-0.25, -0.2) is 4.98 Å². The van der Waals surface area contributed by atoms with Crippen LogP contribution in [0.1, 0.15) is 23.2 Å². The Kier molecular flexibility index (Phi) is 3.83. The van der Waals surface area contributed by atoms with Crippen LogP contribution in [0, 0.1) is 11.3 Å². The number of pyridine rings is 1. The Morgan fingerprint density at radius 2 is 2.06 bits per heavy atom. The lowest BCUT2D eigenvalue weighted by Gasteiger charge is -2.22. The standard InChI is InChI=1S/C14H20N4/c1-17(2)7-8-18(3)14-12(10-15)9-11-5-4-6-13(11)16-14/h9H,4-8H2,1-3H3. The van der Waals surface area contributed by atoms with Crippen LogP contribution < -0.4 is 4.90 Å². The number of nitrogens with zero attached hydrogens (tertiary/aromatic N) is 4. The van der Waals surface area contributed by atoms with Crippen molar-refractivity contribution in [3.05, 3.63) is 22.9 Å². The average Bonchev–Trinajstić information content (AvgIpc) is 2.81. The first-order chi connectivity index (χ1) is 8.61. The van der Waals surface area contributed by atoms with Crippen LogP contribution in [0.15, 0.2) is 6.07 Å². The van der Waals surface area contributed by atoms with Crippen molar-refractivity contribution in [3.63, 3.8) is 0 Å². The Balaban J connectivity index is 2.24. The molecule has 4 nitrogen and oxygen atoms in total. The molecular formula is C14H20N4. The van der Waals surface area contributed by atoms with Gasteiger partial charge in [0, 0.05) is 25.8 Å². The van der Waals surface area contributed by atoms with Crippen LogP contribution in [0.5, 0.6) is 0 Å². The SMILES string of the molecule is CN(C)CCN(C)c1nc2c(cc1C#N)CCC2. The van der Waals surface area contributed by atoms with E-state index in [0.717, 1.165) is 38.2 Å². The van der Waals surface area contributed by atoms with Crippen LogP contribution in [0.3, 0.4) is 0 Å². The first-order valence-electron chi connectivity index (χ1n) is 6.40. The molecule has 0 spiro atoms. The molecule has 0 saturated heterocycles. The van der Waals surface area contributed by atoms with Crippen molar-refractivity contribution in [2.45, 2.75) is 19.3 Å². The summed E-state index contributed by atoms with van der Waals surface area (Å²) in [6.07, 6.45) is 3.28. The molecule has 0 radical (unpaired) electrons. The van der Waals surface area contributed by atoms with E-state index >= 15 is 0 Å². The minimum Gasteiger partial charge on any atom is -0.357 e. The Morgan fingerprint density at radius 1 is 1.28 bits per heavy atom. The molecule has 0 N–H and O–H groups in total. The fourth-order valence-corrected chi connectivity index (χ4v) is 2.29. The number of fused-ring (bicyclic) bond motifs is 1. The molecule has 1 aliphatic rings. The first-order valence-corrected chi connectivity index (χ1v) is 6.40. The fraction of sp³-hybridized carbons (Fsp3) is 0.571. The third-order valence-electron chi connectivity index (χ3n) is 3.40. The second kappa shape index (κ2) is 5.36. The number of nitriles is 1. The predicted molar refractivity (Wildman–Crippen MR) is 72.8 cm³/mol. The number of likely N-dealkylation sites (N-methyl/N-ethyl adjacent to an activating group) is 2. The zero-order chi connectivity index (χ0) is 13.1. The Labute approximate surface area is 109 Å². The molecule has 0 amide bonds. The Bertz CT molecular complexity index is 473. The van der Waals surface area contributed by atoms with Gasteiger partial charge in [0.1, 0.15) is 11.9 Å². The quantitative estimate of drug-likeness (QED) is 0.804. The van der Waals surface area contributed by atoms with Gasteiger partial charge in [-0.3, -0.25) is 0 Å². The van der Waals surface area contributed by atoms with Gasteiger partial charge in [0.2, 0.25) is 0 Å². The highest BCUT2D eigenvalue weighted by molar-refractivity contribution is 5.56. The lowest BCUT2D eigenvalue weighted by molar-refractivity contribution is 0.416. The van der Waals surface area contributed by atoms with Gasteiger partial charge >= 0.3 is 0 Å². The third kappa shape index (κ3) is 2.62. The van der Waals surface area contributed by atoms with E-state index in [-0.39, 0.29) is 0 Å². The molecule has 18 heavy (non-hydrogen) atoms. The molecule has 0 fully saturated rings. The number of hydrogen-bond donors (Lipinski definition) is 0. The molecular weight excluding hydrogens is 224 g/mol. The summed E-state index contributed by atoms with van der Waals surface area (Å²) >= 11 is 0. The zero-order valence-corrected chi connectivity index (χ0v) is 11.4. The fourth-order valence-electron chi connectivity index (χ4n) is 2.29. The minimum atomic E-state index is 0.705. The summed E-state index contributed by atoms with van der Waals surface area (Å²) in [4.78, 5) is 8.90. The third-order valence-corrected chi connectivity index (χ3v) is 3.40. The van der Waals surface area contributed by atoms with Crippen molar-refractivity contribution in [1.29, 1.82) is 5.26 Å². The van der Waals surface area contributed by atoms with Crippen molar-refractivity contribution in [3.8, 4) is 6.07 Å². The number of aromatic nitrogens is 1. The topological polar surface area (TPSA) is 43.2 Å². The van der Waals surface area contributed by atoms with Crippen molar-refractivity contribution in [1.82, 2.24) is 9.88 Å². The van der Waals surface area contributed by atoms with E-state index < -0.39 is 0 Å². The van der Waals surface area contributed by atoms with Crippen molar-refractivity contribution < 1.29 is 0 Å². The Morgan fingerprint density at radius 3 is 2.72 bits per heavy atom. The van der Waals surface area contributed by atoms with Crippen LogP contribution in [0.2, 0.25) is 0 Å². The molecule has 2 rings (SSSR count). The monoisotopic (exact) mass is 244 g/mol. The van der Waals surface area contributed by atoms with Crippen molar-refractivity contribution >= 4 is 5.82 Å². The van der Waals surface area contributed by atoms with Crippen LogP contribution in [-0.4, -0.2) is 44.1 Å². The molecule has 1 heterocycles. The van der Waals surface area contributed by atoms with Crippen molar-refractivity contribution in [2.75, 3.05) is 39.1 Å². The second-order valence-electron chi connectivity index (χ2n) is 5.16. The Hall–Kier alpha value is -1.60. The van der Waals surface area contributed by atoms with Crippen LogP contribution in [-0.2, 0) is 12.8 Å². The molecule has 0 unspecified atom stereocenters. The zero-order valence-electron chi connectivity index (χ0n) is 11.4. The largest absolute Gasteiger partial charge is 0.357 e. The average molecular weight is 244 g/mol. The maximum absolute atomic E-state index is 9.25. The summed E-state index contributed by atoms with van der Waals surface area (Å²) in [5, 5.41) is 9.25. The van der Waals surface area contributed by atoms with E-state index in [9.17, 15) is 5.26 Å². The lowest BCUT2D eigenvalue weighted by Crippen LogP contribution is -2.29. The molecule has 1 aromatic rings. The van der Waals surface area contributed by atoms with Gasteiger partial charge in [-0.1, -0.05) is 0 Å². The summed E-state index contributed by atoms with van der Waals surface area (Å²) in [6, 6.07) is 4.30. The molecule has 1 aliphatic carbocycles. The van der Waals surface area contributed by atoms with Crippen molar-refractivity contribution in [2.24, 2.45) is 0 Å². The molecule has 96 valence electrons. The number of rotatable bonds is 4. The van der Waals surface area contributed by atoms with Crippen LogP contribution in [0.4, 0.5) is 5.82 Å². The maximum Gasteiger partial charge on any atom is 0.146 e. The van der Waals surface area contributed by atoms with Crippen LogP contribution in [0.25, 0.3) is 0 Å². The van der Waals surface area contributed by atoms with E-state index in [0.29, 0.717) is 5.56 Å². The molecule has 0 aliphatic heterocycles. The summed E-state index contributed by atoms with van der Waals surface area (Å²) in [6.45, 7) is 1.84. The van der Waals surface area contributed by atoms with Gasteiger partial charge in [-0.05, 0) is 45.0 Å². The highest BCUT2D eigenvalue weighted by Crippen LogP contribution is 2.26.